The fraction of sp³-hybridized carbons (Fsp3) is 0.0588. The Labute approximate surface area is 145 Å². The van der Waals surface area contributed by atoms with Gasteiger partial charge in [0.2, 0.25) is 0 Å². The van der Waals surface area contributed by atoms with E-state index in [2.05, 4.69) is 20.9 Å². The highest BCUT2D eigenvalue weighted by Gasteiger charge is 2.14. The van der Waals surface area contributed by atoms with Gasteiger partial charge in [-0.3, -0.25) is 4.99 Å². The van der Waals surface area contributed by atoms with E-state index >= 15 is 0 Å². The molecule has 2 N–H and O–H groups in total. The van der Waals surface area contributed by atoms with Crippen molar-refractivity contribution < 1.29 is 24.1 Å². The van der Waals surface area contributed by atoms with Crippen LogP contribution in [0.1, 0.15) is 5.56 Å². The normalized spacial score (nSPS) is 12.1. The molecule has 0 spiro atoms. The molecule has 0 unspecified atom stereocenters. The zero-order valence-corrected chi connectivity index (χ0v) is 14.1. The summed E-state index contributed by atoms with van der Waals surface area (Å²) in [4.78, 5) is 15.5. The van der Waals surface area contributed by atoms with Gasteiger partial charge >= 0.3 is 5.97 Å². The van der Waals surface area contributed by atoms with Crippen LogP contribution in [-0.4, -0.2) is 29.5 Å². The topological polar surface area (TPSA) is 79.1 Å². The summed E-state index contributed by atoms with van der Waals surface area (Å²) >= 11 is 3.30. The summed E-state index contributed by atoms with van der Waals surface area (Å²) in [6, 6.07) is 9.84. The van der Waals surface area contributed by atoms with Gasteiger partial charge in [-0.2, -0.15) is 0 Å². The van der Waals surface area contributed by atoms with Gasteiger partial charge in [0.25, 0.3) is 0 Å². The third-order valence-electron chi connectivity index (χ3n) is 3.09. The van der Waals surface area contributed by atoms with Crippen LogP contribution in [0.2, 0.25) is 0 Å². The Kier molecular flexibility index (Phi) is 5.70. The van der Waals surface area contributed by atoms with Crippen molar-refractivity contribution in [3.8, 4) is 5.75 Å². The summed E-state index contributed by atoms with van der Waals surface area (Å²) in [5.41, 5.74) is 0.182. The van der Waals surface area contributed by atoms with Crippen molar-refractivity contribution >= 4 is 39.6 Å². The van der Waals surface area contributed by atoms with Crippen molar-refractivity contribution in [3.63, 3.8) is 0 Å². The summed E-state index contributed by atoms with van der Waals surface area (Å²) < 4.78 is 18.7. The van der Waals surface area contributed by atoms with E-state index in [0.717, 1.165) is 18.3 Å². The van der Waals surface area contributed by atoms with Crippen LogP contribution in [0.25, 0.3) is 5.76 Å². The van der Waals surface area contributed by atoms with Crippen LogP contribution in [-0.2, 0) is 4.79 Å². The molecule has 0 aliphatic rings. The van der Waals surface area contributed by atoms with Crippen LogP contribution in [0, 0.1) is 5.82 Å². The van der Waals surface area contributed by atoms with Crippen molar-refractivity contribution in [1.29, 1.82) is 0 Å². The third kappa shape index (κ3) is 4.20. The van der Waals surface area contributed by atoms with Gasteiger partial charge < -0.3 is 14.9 Å². The number of methoxy groups -OCH3 is 1. The van der Waals surface area contributed by atoms with Gasteiger partial charge in [0, 0.05) is 22.3 Å². The van der Waals surface area contributed by atoms with Gasteiger partial charge in [-0.15, -0.1) is 0 Å². The molecule has 0 atom stereocenters. The summed E-state index contributed by atoms with van der Waals surface area (Å²) in [6.07, 6.45) is 1.03. The highest BCUT2D eigenvalue weighted by Crippen LogP contribution is 2.29. The second-order valence-electron chi connectivity index (χ2n) is 4.65. The number of aliphatic hydroxyl groups excluding tert-OH is 1. The lowest BCUT2D eigenvalue weighted by Crippen LogP contribution is -2.05. The quantitative estimate of drug-likeness (QED) is 0.449. The molecule has 2 aromatic carbocycles. The van der Waals surface area contributed by atoms with Gasteiger partial charge in [0.05, 0.1) is 12.8 Å². The largest absolute Gasteiger partial charge is 0.506 e. The fourth-order valence-corrected chi connectivity index (χ4v) is 2.18. The lowest BCUT2D eigenvalue weighted by atomic mass is 10.1. The number of hydrogen-bond acceptors (Lipinski definition) is 4. The summed E-state index contributed by atoms with van der Waals surface area (Å²) in [5, 5.41) is 19.4. The number of nitrogens with zero attached hydrogens (tertiary/aromatic N) is 1. The lowest BCUT2D eigenvalue weighted by molar-refractivity contribution is -0.132. The van der Waals surface area contributed by atoms with Crippen LogP contribution in [0.5, 0.6) is 5.75 Å². The monoisotopic (exact) mass is 393 g/mol. The second-order valence-corrected chi connectivity index (χ2v) is 5.50. The summed E-state index contributed by atoms with van der Waals surface area (Å²) in [7, 11) is 1.50. The van der Waals surface area contributed by atoms with E-state index in [1.807, 2.05) is 0 Å². The molecule has 5 nitrogen and oxygen atoms in total. The average Bonchev–Trinajstić information content (AvgIpc) is 2.56. The number of aliphatic carboxylic acids is 1. The van der Waals surface area contributed by atoms with Gasteiger partial charge in [-0.05, 0) is 52.3 Å². The Bertz CT molecular complexity index is 816. The van der Waals surface area contributed by atoms with Crippen molar-refractivity contribution in [1.82, 2.24) is 0 Å². The molecule has 0 heterocycles. The van der Waals surface area contributed by atoms with E-state index in [4.69, 9.17) is 4.74 Å². The summed E-state index contributed by atoms with van der Waals surface area (Å²) in [5.74, 6) is -1.81. The van der Waals surface area contributed by atoms with Crippen molar-refractivity contribution in [2.24, 2.45) is 4.99 Å². The number of carbonyl (C=O) groups is 1. The van der Waals surface area contributed by atoms with E-state index in [9.17, 15) is 19.4 Å². The van der Waals surface area contributed by atoms with Gasteiger partial charge in [0.1, 0.15) is 22.9 Å². The Morgan fingerprint density at radius 1 is 1.21 bits per heavy atom. The molecule has 0 radical (unpaired) electrons. The number of ether oxygens (including phenoxy) is 1. The molecule has 2 rings (SSSR count). The molecule has 0 saturated heterocycles. The third-order valence-corrected chi connectivity index (χ3v) is 3.76. The smallest absolute Gasteiger partial charge is 0.341 e. The van der Waals surface area contributed by atoms with E-state index in [1.54, 1.807) is 18.2 Å². The molecule has 0 aliphatic heterocycles. The van der Waals surface area contributed by atoms with E-state index in [-0.39, 0.29) is 5.56 Å². The van der Waals surface area contributed by atoms with E-state index in [0.29, 0.717) is 15.9 Å². The van der Waals surface area contributed by atoms with Gasteiger partial charge in [0.15, 0.2) is 0 Å². The van der Waals surface area contributed by atoms with Gasteiger partial charge in [-0.1, -0.05) is 0 Å². The predicted octanol–water partition coefficient (Wildman–Crippen LogP) is 4.35. The number of rotatable bonds is 5. The molecule has 7 heteroatoms. The van der Waals surface area contributed by atoms with E-state index < -0.39 is 23.1 Å². The number of halogens is 2. The Morgan fingerprint density at radius 3 is 2.46 bits per heavy atom. The minimum absolute atomic E-state index is 0.171. The van der Waals surface area contributed by atoms with Crippen LogP contribution in [0.3, 0.4) is 0 Å². The van der Waals surface area contributed by atoms with Crippen molar-refractivity contribution in [3.05, 3.63) is 63.9 Å². The fourth-order valence-electron chi connectivity index (χ4n) is 1.83. The molecule has 0 amide bonds. The molecule has 2 aromatic rings. The molecule has 0 saturated carbocycles. The molecule has 0 aromatic heterocycles. The first-order valence-electron chi connectivity index (χ1n) is 6.72. The highest BCUT2D eigenvalue weighted by atomic mass is 79.9. The maximum atomic E-state index is 12.9. The summed E-state index contributed by atoms with van der Waals surface area (Å²) in [6.45, 7) is 0. The first-order chi connectivity index (χ1) is 11.4. The van der Waals surface area contributed by atoms with Crippen molar-refractivity contribution in [2.75, 3.05) is 7.11 Å². The highest BCUT2D eigenvalue weighted by molar-refractivity contribution is 9.10. The predicted molar refractivity (Wildman–Crippen MR) is 92.4 cm³/mol. The molecule has 24 heavy (non-hydrogen) atoms. The Hall–Kier alpha value is -2.67. The zero-order valence-electron chi connectivity index (χ0n) is 12.5. The maximum Gasteiger partial charge on any atom is 0.341 e. The number of aliphatic hydroxyl groups is 1. The number of carboxylic acid groups (broad SMARTS) is 1. The number of hydrogen-bond donors (Lipinski definition) is 2. The van der Waals surface area contributed by atoms with Crippen LogP contribution in [0.4, 0.5) is 10.1 Å². The van der Waals surface area contributed by atoms with Crippen LogP contribution >= 0.6 is 15.9 Å². The lowest BCUT2D eigenvalue weighted by Gasteiger charge is -2.05. The molecule has 0 bridgehead atoms. The van der Waals surface area contributed by atoms with Gasteiger partial charge in [-0.25, -0.2) is 9.18 Å². The number of carboxylic acids is 1. The first-order valence-corrected chi connectivity index (χ1v) is 7.51. The van der Waals surface area contributed by atoms with Crippen molar-refractivity contribution in [2.45, 2.75) is 0 Å². The molecule has 124 valence electrons. The molecule has 0 aliphatic carbocycles. The van der Waals surface area contributed by atoms with Crippen LogP contribution in [0.15, 0.2) is 57.5 Å². The van der Waals surface area contributed by atoms with Crippen LogP contribution < -0.4 is 4.74 Å². The zero-order chi connectivity index (χ0) is 17.7. The molecular formula is C17H13BrFNO4. The molecule has 0 fully saturated rings. The minimum atomic E-state index is -1.36. The Balaban J connectivity index is 2.43. The number of aliphatic imine (C=N–C) groups is 1. The average molecular weight is 394 g/mol. The molecular weight excluding hydrogens is 381 g/mol. The minimum Gasteiger partial charge on any atom is -0.506 e. The SMILES string of the molecule is COc1ccc(Br)c(N=CC(C(=O)O)=C(O)c2ccc(F)cc2)c1. The second kappa shape index (κ2) is 7.74. The van der Waals surface area contributed by atoms with E-state index in [1.165, 1.54) is 19.2 Å². The first kappa shape index (κ1) is 17.7. The Morgan fingerprint density at radius 2 is 1.88 bits per heavy atom. The maximum absolute atomic E-state index is 12.9. The number of benzene rings is 2. The standard InChI is InChI=1S/C17H13BrFNO4/c1-24-12-6-7-14(18)15(8-12)20-9-13(17(22)23)16(21)10-2-4-11(19)5-3-10/h2-9,21H,1H3,(H,22,23).